The van der Waals surface area contributed by atoms with Crippen LogP contribution in [0.15, 0.2) is 103 Å². The molecular weight excluding hydrogens is 886 g/mol. The molecule has 0 bridgehead atoms. The largest absolute Gasteiger partial charge is 0.421 e. The normalized spacial score (nSPS) is 15.3. The van der Waals surface area contributed by atoms with E-state index in [0.717, 1.165) is 76.6 Å². The van der Waals surface area contributed by atoms with E-state index in [4.69, 9.17) is 16.6 Å². The number of piperazine rings is 2. The van der Waals surface area contributed by atoms with Gasteiger partial charge in [0.15, 0.2) is 0 Å². The van der Waals surface area contributed by atoms with E-state index in [1.165, 1.54) is 47.4 Å². The van der Waals surface area contributed by atoms with E-state index in [-0.39, 0.29) is 28.2 Å². The van der Waals surface area contributed by atoms with Crippen molar-refractivity contribution in [3.63, 3.8) is 0 Å². The van der Waals surface area contributed by atoms with Gasteiger partial charge in [0.1, 0.15) is 23.0 Å². The topological polar surface area (TPSA) is 124 Å². The first-order valence-corrected chi connectivity index (χ1v) is 22.3. The molecule has 8 rings (SSSR count). The van der Waals surface area contributed by atoms with Crippen LogP contribution in [0.25, 0.3) is 0 Å². The summed E-state index contributed by atoms with van der Waals surface area (Å²) in [4.78, 5) is 41.9. The van der Waals surface area contributed by atoms with Gasteiger partial charge in [-0.25, -0.2) is 24.4 Å². The summed E-state index contributed by atoms with van der Waals surface area (Å²) >= 11 is 6.09. The zero-order chi connectivity index (χ0) is 47.2. The van der Waals surface area contributed by atoms with Gasteiger partial charge < -0.3 is 25.8 Å². The molecule has 0 spiro atoms. The average molecular weight is 938 g/mol. The number of para-hydroxylation sites is 1. The van der Waals surface area contributed by atoms with E-state index in [9.17, 15) is 22.4 Å². The van der Waals surface area contributed by atoms with E-state index in [1.807, 2.05) is 48.5 Å². The Balaban J connectivity index is 1.08. The van der Waals surface area contributed by atoms with Crippen molar-refractivity contribution in [1.82, 2.24) is 44.5 Å². The molecule has 2 aliphatic rings. The van der Waals surface area contributed by atoms with E-state index < -0.39 is 29.3 Å². The third-order valence-electron chi connectivity index (χ3n) is 11.8. The Morgan fingerprint density at radius 1 is 0.716 bits per heavy atom. The minimum atomic E-state index is -4.83. The second-order valence-corrected chi connectivity index (χ2v) is 17.3. The van der Waals surface area contributed by atoms with Crippen LogP contribution in [0.4, 0.5) is 63.8 Å². The molecule has 4 aromatic carbocycles. The molecule has 350 valence electrons. The van der Waals surface area contributed by atoms with Gasteiger partial charge >= 0.3 is 6.18 Å². The van der Waals surface area contributed by atoms with Gasteiger partial charge in [0, 0.05) is 102 Å². The summed E-state index contributed by atoms with van der Waals surface area (Å²) in [5.74, 6) is -1.35. The number of nitrogens with one attached hydrogen (secondary N) is 3. The number of rotatable bonds is 14. The average Bonchev–Trinajstić information content (AvgIpc) is 3.31. The number of carbonyl (C=O) groups excluding carboxylic acids is 1. The molecule has 0 unspecified atom stereocenters. The molecule has 0 aliphatic carbocycles. The van der Waals surface area contributed by atoms with Gasteiger partial charge in [-0.05, 0) is 86.7 Å². The molecule has 2 fully saturated rings. The SMILES string of the molecule is Cc1cnc(N(c2ccc(CN3CCN(C)CC3)cc2)N(C)C(=O)c2ccccc2Nc2nc(Nc3ccc(CN4CCN(C)CC4)cc3)ncc2C(F)(F)F)nc1Nc1ccc(F)c(Cl)c1. The number of alkyl halides is 3. The smallest absolute Gasteiger partial charge is 0.340 e. The van der Waals surface area contributed by atoms with E-state index in [1.54, 1.807) is 25.3 Å². The molecule has 3 N–H and O–H groups in total. The van der Waals surface area contributed by atoms with Crippen LogP contribution in [0.1, 0.15) is 32.6 Å². The maximum atomic E-state index is 14.8. The predicted octanol–water partition coefficient (Wildman–Crippen LogP) is 8.94. The molecule has 67 heavy (non-hydrogen) atoms. The summed E-state index contributed by atoms with van der Waals surface area (Å²) < 4.78 is 57.8. The standard InChI is InChI=1S/C48H52ClF4N13O/c1-32-28-55-47(60-43(32)56-36-15-18-41(50)40(49)27-36)66(37-16-11-34(12-17-37)31-65-25-21-62(3)22-26-65)63(4)45(67)38-7-5-6-8-42(38)58-44-39(48(51,52)53)29-54-46(59-44)57-35-13-9-33(10-14-35)30-64-23-19-61(2)20-24-64/h5-18,27-29H,19-26,30-31H2,1-4H3,(H,55,56,60)(H2,54,57,58,59). The quantitative estimate of drug-likeness (QED) is 0.0712. The summed E-state index contributed by atoms with van der Waals surface area (Å²) in [6.07, 6.45) is -2.53. The first kappa shape index (κ1) is 47.1. The van der Waals surface area contributed by atoms with Crippen molar-refractivity contribution < 1.29 is 22.4 Å². The number of nitrogens with zero attached hydrogens (tertiary/aromatic N) is 10. The van der Waals surface area contributed by atoms with Crippen LogP contribution in [-0.2, 0) is 19.3 Å². The number of benzene rings is 4. The second-order valence-electron chi connectivity index (χ2n) is 16.9. The van der Waals surface area contributed by atoms with Crippen LogP contribution >= 0.6 is 11.6 Å². The van der Waals surface area contributed by atoms with Crippen molar-refractivity contribution in [2.45, 2.75) is 26.2 Å². The molecule has 0 atom stereocenters. The first-order valence-electron chi connectivity index (χ1n) is 21.9. The number of hydrogen-bond acceptors (Lipinski definition) is 13. The highest BCUT2D eigenvalue weighted by Crippen LogP contribution is 2.37. The number of carbonyl (C=O) groups is 1. The molecule has 4 heterocycles. The number of hydrogen-bond donors (Lipinski definition) is 3. The summed E-state index contributed by atoms with van der Waals surface area (Å²) in [6, 6.07) is 25.7. The van der Waals surface area contributed by atoms with Crippen molar-refractivity contribution in [3.05, 3.63) is 142 Å². The fourth-order valence-corrected chi connectivity index (χ4v) is 7.98. The highest BCUT2D eigenvalue weighted by atomic mass is 35.5. The number of halogens is 5. The van der Waals surface area contributed by atoms with E-state index in [0.29, 0.717) is 34.6 Å². The first-order chi connectivity index (χ1) is 32.2. The second kappa shape index (κ2) is 20.6. The number of amides is 1. The van der Waals surface area contributed by atoms with E-state index >= 15 is 0 Å². The van der Waals surface area contributed by atoms with Crippen molar-refractivity contribution in [2.75, 3.05) is 94.5 Å². The van der Waals surface area contributed by atoms with Gasteiger partial charge in [0.2, 0.25) is 5.95 Å². The van der Waals surface area contributed by atoms with Gasteiger partial charge in [-0.15, -0.1) is 0 Å². The highest BCUT2D eigenvalue weighted by molar-refractivity contribution is 6.31. The van der Waals surface area contributed by atoms with Gasteiger partial charge in [0.05, 0.1) is 22.0 Å². The highest BCUT2D eigenvalue weighted by Gasteiger charge is 2.36. The minimum Gasteiger partial charge on any atom is -0.340 e. The molecular formula is C48H52ClF4N13O. The van der Waals surface area contributed by atoms with Gasteiger partial charge in [-0.3, -0.25) is 14.6 Å². The number of aryl methyl sites for hydroxylation is 1. The summed E-state index contributed by atoms with van der Waals surface area (Å²) in [6.45, 7) is 11.1. The van der Waals surface area contributed by atoms with Crippen molar-refractivity contribution in [3.8, 4) is 0 Å². The Morgan fingerprint density at radius 3 is 1.93 bits per heavy atom. The fraction of sp³-hybridized carbons (Fsp3) is 0.312. The van der Waals surface area contributed by atoms with Crippen LogP contribution in [0.2, 0.25) is 5.02 Å². The summed E-state index contributed by atoms with van der Waals surface area (Å²) in [5, 5.41) is 11.8. The molecule has 2 saturated heterocycles. The number of aromatic nitrogens is 4. The Labute approximate surface area is 392 Å². The molecule has 14 nitrogen and oxygen atoms in total. The van der Waals surface area contributed by atoms with Crippen LogP contribution in [0.5, 0.6) is 0 Å². The van der Waals surface area contributed by atoms with Gasteiger partial charge in [-0.2, -0.15) is 23.1 Å². The van der Waals surface area contributed by atoms with Crippen molar-refractivity contribution in [2.24, 2.45) is 0 Å². The predicted molar refractivity (Wildman–Crippen MR) is 254 cm³/mol. The van der Waals surface area contributed by atoms with Crippen LogP contribution in [-0.4, -0.2) is 124 Å². The Morgan fingerprint density at radius 2 is 1.31 bits per heavy atom. The molecule has 2 aromatic heterocycles. The lowest BCUT2D eigenvalue weighted by atomic mass is 10.1. The van der Waals surface area contributed by atoms with Crippen molar-refractivity contribution in [1.29, 1.82) is 0 Å². The van der Waals surface area contributed by atoms with E-state index in [2.05, 4.69) is 64.6 Å². The summed E-state index contributed by atoms with van der Waals surface area (Å²) in [5.41, 5.74) is 3.38. The lowest BCUT2D eigenvalue weighted by Crippen LogP contribution is -2.43. The number of anilines is 8. The van der Waals surface area contributed by atoms with Crippen molar-refractivity contribution >= 4 is 63.8 Å². The Hall–Kier alpha value is -6.44. The monoisotopic (exact) mass is 937 g/mol. The molecule has 2 aliphatic heterocycles. The lowest BCUT2D eigenvalue weighted by molar-refractivity contribution is -0.137. The lowest BCUT2D eigenvalue weighted by Gasteiger charge is -2.33. The molecule has 0 radical (unpaired) electrons. The van der Waals surface area contributed by atoms with Gasteiger partial charge in [0.25, 0.3) is 11.9 Å². The number of likely N-dealkylation sites (N-methyl/N-ethyl adjacent to an activating group) is 2. The summed E-state index contributed by atoms with van der Waals surface area (Å²) in [7, 11) is 5.74. The molecule has 1 amide bonds. The van der Waals surface area contributed by atoms with Gasteiger partial charge in [-0.1, -0.05) is 48.0 Å². The Bertz CT molecular complexity index is 2660. The molecule has 0 saturated carbocycles. The molecule has 6 aromatic rings. The maximum absolute atomic E-state index is 14.8. The maximum Gasteiger partial charge on any atom is 0.421 e. The third-order valence-corrected chi connectivity index (χ3v) is 12.1. The fourth-order valence-electron chi connectivity index (χ4n) is 7.80. The zero-order valence-corrected chi connectivity index (χ0v) is 38.4. The third kappa shape index (κ3) is 11.8. The van der Waals surface area contributed by atoms with Crippen LogP contribution in [0, 0.1) is 12.7 Å². The zero-order valence-electron chi connectivity index (χ0n) is 37.7. The molecule has 19 heteroatoms. The minimum absolute atomic E-state index is 0.0327. The number of hydrazine groups is 1. The Kier molecular flexibility index (Phi) is 14.5. The van der Waals surface area contributed by atoms with Crippen LogP contribution in [0.3, 0.4) is 0 Å². The van der Waals surface area contributed by atoms with Crippen LogP contribution < -0.4 is 21.0 Å².